The molecule has 0 aliphatic heterocycles. The highest BCUT2D eigenvalue weighted by Gasteiger charge is 1.94. The van der Waals surface area contributed by atoms with Gasteiger partial charge in [0, 0.05) is 0 Å². The van der Waals surface area contributed by atoms with E-state index in [0.29, 0.717) is 0 Å². The van der Waals surface area contributed by atoms with E-state index in [1.54, 1.807) is 0 Å². The minimum Gasteiger partial charge on any atom is -0.103 e. The predicted molar refractivity (Wildman–Crippen MR) is 66.5 cm³/mol. The lowest BCUT2D eigenvalue weighted by molar-refractivity contribution is 0.660. The molecule has 80 valence electrons. The van der Waals surface area contributed by atoms with E-state index in [0.717, 1.165) is 12.8 Å². The molecule has 0 nitrogen and oxygen atoms in total. The van der Waals surface area contributed by atoms with E-state index in [1.807, 2.05) is 12.2 Å². The molecule has 0 unspecified atom stereocenters. The van der Waals surface area contributed by atoms with Crippen LogP contribution < -0.4 is 0 Å². The van der Waals surface area contributed by atoms with Crippen LogP contribution in [0.15, 0.2) is 37.0 Å². The number of hydrogen-bond donors (Lipinski definition) is 0. The number of rotatable bonds is 9. The topological polar surface area (TPSA) is 0 Å². The SMILES string of the molecule is C=CC/C=C(\CC=C)CCCCCC. The van der Waals surface area contributed by atoms with Crippen LogP contribution in [-0.2, 0) is 0 Å². The summed E-state index contributed by atoms with van der Waals surface area (Å²) in [7, 11) is 0. The molecule has 0 heterocycles. The van der Waals surface area contributed by atoms with E-state index in [2.05, 4.69) is 26.2 Å². The van der Waals surface area contributed by atoms with E-state index < -0.39 is 0 Å². The molecule has 0 aromatic heterocycles. The molecule has 0 bridgehead atoms. The van der Waals surface area contributed by atoms with Crippen LogP contribution in [0.2, 0.25) is 0 Å². The van der Waals surface area contributed by atoms with Crippen molar-refractivity contribution in [1.29, 1.82) is 0 Å². The highest BCUT2D eigenvalue weighted by molar-refractivity contribution is 5.07. The van der Waals surface area contributed by atoms with Crippen LogP contribution in [0.4, 0.5) is 0 Å². The predicted octanol–water partition coefficient (Wildman–Crippen LogP) is 5.04. The van der Waals surface area contributed by atoms with Crippen molar-refractivity contribution in [2.24, 2.45) is 0 Å². The summed E-state index contributed by atoms with van der Waals surface area (Å²) < 4.78 is 0. The second-order valence-corrected chi connectivity index (χ2v) is 3.69. The molecule has 0 N–H and O–H groups in total. The molecule has 0 amide bonds. The smallest absolute Gasteiger partial charge is 0.0141 e. The van der Waals surface area contributed by atoms with Gasteiger partial charge in [-0.25, -0.2) is 0 Å². The molecule has 0 rings (SSSR count). The normalized spacial score (nSPS) is 11.4. The van der Waals surface area contributed by atoms with Gasteiger partial charge in [0.1, 0.15) is 0 Å². The van der Waals surface area contributed by atoms with Crippen molar-refractivity contribution in [3.8, 4) is 0 Å². The van der Waals surface area contributed by atoms with Crippen molar-refractivity contribution in [2.45, 2.75) is 51.9 Å². The third-order valence-corrected chi connectivity index (χ3v) is 2.33. The first-order chi connectivity index (χ1) is 6.85. The van der Waals surface area contributed by atoms with E-state index in [4.69, 9.17) is 0 Å². The Labute approximate surface area is 89.4 Å². The van der Waals surface area contributed by atoms with E-state index >= 15 is 0 Å². The zero-order valence-electron chi connectivity index (χ0n) is 9.60. The monoisotopic (exact) mass is 192 g/mol. The Morgan fingerprint density at radius 2 is 1.86 bits per heavy atom. The average molecular weight is 192 g/mol. The Balaban J connectivity index is 3.72. The highest BCUT2D eigenvalue weighted by atomic mass is 14.0. The Hall–Kier alpha value is -0.780. The van der Waals surface area contributed by atoms with Gasteiger partial charge in [0.05, 0.1) is 0 Å². The summed E-state index contributed by atoms with van der Waals surface area (Å²) in [5, 5.41) is 0. The van der Waals surface area contributed by atoms with Gasteiger partial charge in [-0.1, -0.05) is 50.0 Å². The van der Waals surface area contributed by atoms with Crippen molar-refractivity contribution in [3.63, 3.8) is 0 Å². The lowest BCUT2D eigenvalue weighted by atomic mass is 10.0. The fourth-order valence-electron chi connectivity index (χ4n) is 1.50. The number of allylic oxidation sites excluding steroid dienone is 4. The average Bonchev–Trinajstić information content (AvgIpc) is 2.20. The third-order valence-electron chi connectivity index (χ3n) is 2.33. The van der Waals surface area contributed by atoms with Crippen molar-refractivity contribution >= 4 is 0 Å². The van der Waals surface area contributed by atoms with E-state index in [1.165, 1.54) is 37.7 Å². The summed E-state index contributed by atoms with van der Waals surface area (Å²) in [5.74, 6) is 0. The van der Waals surface area contributed by atoms with Crippen LogP contribution in [0.25, 0.3) is 0 Å². The summed E-state index contributed by atoms with van der Waals surface area (Å²) in [6.45, 7) is 9.77. The van der Waals surface area contributed by atoms with Gasteiger partial charge in [-0.2, -0.15) is 0 Å². The Morgan fingerprint density at radius 3 is 2.43 bits per heavy atom. The largest absolute Gasteiger partial charge is 0.103 e. The second kappa shape index (κ2) is 10.3. The zero-order chi connectivity index (χ0) is 10.6. The summed E-state index contributed by atoms with van der Waals surface area (Å²) in [4.78, 5) is 0. The first-order valence-corrected chi connectivity index (χ1v) is 5.74. The second-order valence-electron chi connectivity index (χ2n) is 3.69. The number of unbranched alkanes of at least 4 members (excludes halogenated alkanes) is 3. The van der Waals surface area contributed by atoms with Gasteiger partial charge in [0.2, 0.25) is 0 Å². The van der Waals surface area contributed by atoms with Gasteiger partial charge < -0.3 is 0 Å². The van der Waals surface area contributed by atoms with Crippen LogP contribution in [0.5, 0.6) is 0 Å². The summed E-state index contributed by atoms with van der Waals surface area (Å²) in [6.07, 6.45) is 14.9. The molecule has 0 heteroatoms. The molecule has 0 radical (unpaired) electrons. The highest BCUT2D eigenvalue weighted by Crippen LogP contribution is 2.14. The molecule has 0 spiro atoms. The number of hydrogen-bond acceptors (Lipinski definition) is 0. The molecule has 0 fully saturated rings. The lowest BCUT2D eigenvalue weighted by Gasteiger charge is -2.04. The Morgan fingerprint density at radius 1 is 1.07 bits per heavy atom. The van der Waals surface area contributed by atoms with Crippen molar-refractivity contribution in [1.82, 2.24) is 0 Å². The summed E-state index contributed by atoms with van der Waals surface area (Å²) >= 11 is 0. The van der Waals surface area contributed by atoms with Crippen LogP contribution >= 0.6 is 0 Å². The molecule has 0 aromatic carbocycles. The molecule has 0 saturated heterocycles. The van der Waals surface area contributed by atoms with E-state index in [-0.39, 0.29) is 0 Å². The maximum Gasteiger partial charge on any atom is -0.0141 e. The van der Waals surface area contributed by atoms with Gasteiger partial charge in [0.15, 0.2) is 0 Å². The fraction of sp³-hybridized carbons (Fsp3) is 0.571. The first kappa shape index (κ1) is 13.2. The zero-order valence-corrected chi connectivity index (χ0v) is 9.60. The van der Waals surface area contributed by atoms with Gasteiger partial charge in [-0.15, -0.1) is 13.2 Å². The molecule has 0 aromatic rings. The molecule has 14 heavy (non-hydrogen) atoms. The summed E-state index contributed by atoms with van der Waals surface area (Å²) in [6, 6.07) is 0. The Bertz CT molecular complexity index is 174. The maximum atomic E-state index is 3.79. The molecular formula is C14H24. The van der Waals surface area contributed by atoms with Crippen molar-refractivity contribution in [3.05, 3.63) is 37.0 Å². The molecule has 0 aliphatic carbocycles. The van der Waals surface area contributed by atoms with Crippen molar-refractivity contribution < 1.29 is 0 Å². The molecule has 0 aliphatic rings. The quantitative estimate of drug-likeness (QED) is 0.355. The summed E-state index contributed by atoms with van der Waals surface area (Å²) in [5.41, 5.74) is 1.52. The van der Waals surface area contributed by atoms with Crippen LogP contribution in [0.3, 0.4) is 0 Å². The first-order valence-electron chi connectivity index (χ1n) is 5.74. The third kappa shape index (κ3) is 7.85. The van der Waals surface area contributed by atoms with Gasteiger partial charge in [-0.3, -0.25) is 0 Å². The van der Waals surface area contributed by atoms with Crippen LogP contribution in [0.1, 0.15) is 51.9 Å². The van der Waals surface area contributed by atoms with Gasteiger partial charge in [-0.05, 0) is 25.7 Å². The molecule has 0 atom stereocenters. The Kier molecular flexibility index (Phi) is 9.73. The molecular weight excluding hydrogens is 168 g/mol. The maximum absolute atomic E-state index is 3.79. The lowest BCUT2D eigenvalue weighted by Crippen LogP contribution is -1.84. The fourth-order valence-corrected chi connectivity index (χ4v) is 1.50. The van der Waals surface area contributed by atoms with Crippen molar-refractivity contribution in [2.75, 3.05) is 0 Å². The minimum absolute atomic E-state index is 0.997. The van der Waals surface area contributed by atoms with Crippen LogP contribution in [-0.4, -0.2) is 0 Å². The van der Waals surface area contributed by atoms with Gasteiger partial charge in [0.25, 0.3) is 0 Å². The molecule has 0 saturated carbocycles. The standard InChI is InChI=1S/C14H24/c1-4-7-9-10-13-14(11-6-3)12-8-5-2/h5-6,12H,2-4,7-11,13H2,1H3/b14-12+. The van der Waals surface area contributed by atoms with E-state index in [9.17, 15) is 0 Å². The van der Waals surface area contributed by atoms with Gasteiger partial charge >= 0.3 is 0 Å². The minimum atomic E-state index is 0.997. The van der Waals surface area contributed by atoms with Crippen LogP contribution in [0, 0.1) is 0 Å².